The van der Waals surface area contributed by atoms with E-state index in [0.29, 0.717) is 12.2 Å². The first-order chi connectivity index (χ1) is 8.61. The zero-order valence-electron chi connectivity index (χ0n) is 10.9. The predicted octanol–water partition coefficient (Wildman–Crippen LogP) is 1.22. The van der Waals surface area contributed by atoms with Crippen LogP contribution in [0, 0.1) is 6.92 Å². The fourth-order valence-corrected chi connectivity index (χ4v) is 2.42. The molecule has 0 radical (unpaired) electrons. The Morgan fingerprint density at radius 2 is 2.39 bits per heavy atom. The van der Waals surface area contributed by atoms with Crippen LogP contribution in [-0.2, 0) is 11.3 Å². The predicted molar refractivity (Wildman–Crippen MR) is 68.0 cm³/mol. The van der Waals surface area contributed by atoms with Gasteiger partial charge < -0.3 is 14.4 Å². The number of carbonyl (C=O) groups is 1. The molecule has 0 aromatic carbocycles. The SMILES string of the molecule is CCN1CCOC(Cn2ccc(C)c2C(=O)O)C1. The maximum absolute atomic E-state index is 11.2. The van der Waals surface area contributed by atoms with Crippen molar-refractivity contribution in [3.05, 3.63) is 23.5 Å². The van der Waals surface area contributed by atoms with Crippen molar-refractivity contribution >= 4 is 5.97 Å². The lowest BCUT2D eigenvalue weighted by Crippen LogP contribution is -2.44. The van der Waals surface area contributed by atoms with Gasteiger partial charge in [-0.15, -0.1) is 0 Å². The van der Waals surface area contributed by atoms with Crippen LogP contribution < -0.4 is 0 Å². The van der Waals surface area contributed by atoms with Crippen LogP contribution in [0.3, 0.4) is 0 Å². The summed E-state index contributed by atoms with van der Waals surface area (Å²) in [6, 6.07) is 1.84. The standard InChI is InChI=1S/C13H20N2O3/c1-3-14-6-7-18-11(8-14)9-15-5-4-10(2)12(15)13(16)17/h4-5,11H,3,6-9H2,1-2H3,(H,16,17). The van der Waals surface area contributed by atoms with E-state index >= 15 is 0 Å². The zero-order valence-corrected chi connectivity index (χ0v) is 10.9. The third-order valence-corrected chi connectivity index (χ3v) is 3.44. The minimum atomic E-state index is -0.874. The van der Waals surface area contributed by atoms with Crippen LogP contribution in [0.2, 0.25) is 0 Å². The number of aromatic nitrogens is 1. The lowest BCUT2D eigenvalue weighted by Gasteiger charge is -2.32. The van der Waals surface area contributed by atoms with Crippen LogP contribution >= 0.6 is 0 Å². The van der Waals surface area contributed by atoms with Gasteiger partial charge in [-0.25, -0.2) is 4.79 Å². The number of aromatic carboxylic acids is 1. The molecule has 1 aromatic rings. The third kappa shape index (κ3) is 2.73. The number of aryl methyl sites for hydroxylation is 1. The molecule has 0 saturated carbocycles. The van der Waals surface area contributed by atoms with Gasteiger partial charge >= 0.3 is 5.97 Å². The molecule has 1 aliphatic rings. The number of carboxylic acids is 1. The van der Waals surface area contributed by atoms with Crippen LogP contribution in [0.1, 0.15) is 23.0 Å². The van der Waals surface area contributed by atoms with E-state index in [9.17, 15) is 9.90 Å². The van der Waals surface area contributed by atoms with Crippen LogP contribution in [0.25, 0.3) is 0 Å². The number of hydrogen-bond donors (Lipinski definition) is 1. The number of nitrogens with zero attached hydrogens (tertiary/aromatic N) is 2. The fourth-order valence-electron chi connectivity index (χ4n) is 2.42. The second-order valence-corrected chi connectivity index (χ2v) is 4.69. The molecule has 0 amide bonds. The lowest BCUT2D eigenvalue weighted by atomic mass is 10.2. The molecule has 1 N–H and O–H groups in total. The fraction of sp³-hybridized carbons (Fsp3) is 0.615. The van der Waals surface area contributed by atoms with Gasteiger partial charge in [-0.3, -0.25) is 4.90 Å². The molecule has 1 unspecified atom stereocenters. The highest BCUT2D eigenvalue weighted by Crippen LogP contribution is 2.14. The average Bonchev–Trinajstić information content (AvgIpc) is 2.70. The Morgan fingerprint density at radius 1 is 1.61 bits per heavy atom. The normalized spacial score (nSPS) is 21.1. The van der Waals surface area contributed by atoms with E-state index in [4.69, 9.17) is 4.74 Å². The number of ether oxygens (including phenoxy) is 1. The molecular formula is C13H20N2O3. The van der Waals surface area contributed by atoms with Crippen molar-refractivity contribution in [3.63, 3.8) is 0 Å². The van der Waals surface area contributed by atoms with Gasteiger partial charge in [-0.1, -0.05) is 6.92 Å². The number of morpholine rings is 1. The summed E-state index contributed by atoms with van der Waals surface area (Å²) < 4.78 is 7.48. The number of likely N-dealkylation sites (N-methyl/N-ethyl adjacent to an activating group) is 1. The summed E-state index contributed by atoms with van der Waals surface area (Å²) >= 11 is 0. The molecule has 100 valence electrons. The Hall–Kier alpha value is -1.33. The lowest BCUT2D eigenvalue weighted by molar-refractivity contribution is -0.0345. The molecule has 1 aromatic heterocycles. The molecule has 5 heteroatoms. The maximum atomic E-state index is 11.2. The van der Waals surface area contributed by atoms with Crippen LogP contribution in [-0.4, -0.2) is 52.9 Å². The number of carboxylic acid groups (broad SMARTS) is 1. The molecule has 5 nitrogen and oxygen atoms in total. The molecule has 18 heavy (non-hydrogen) atoms. The second-order valence-electron chi connectivity index (χ2n) is 4.69. The van der Waals surface area contributed by atoms with E-state index in [1.54, 1.807) is 4.57 Å². The van der Waals surface area contributed by atoms with Crippen LogP contribution in [0.15, 0.2) is 12.3 Å². The van der Waals surface area contributed by atoms with E-state index in [-0.39, 0.29) is 6.10 Å². The van der Waals surface area contributed by atoms with Gasteiger partial charge in [0.05, 0.1) is 19.3 Å². The van der Waals surface area contributed by atoms with Crippen molar-refractivity contribution in [1.82, 2.24) is 9.47 Å². The Morgan fingerprint density at radius 3 is 3.06 bits per heavy atom. The molecule has 2 rings (SSSR count). The monoisotopic (exact) mass is 252 g/mol. The Bertz CT molecular complexity index is 428. The summed E-state index contributed by atoms with van der Waals surface area (Å²) in [4.78, 5) is 13.5. The topological polar surface area (TPSA) is 54.7 Å². The van der Waals surface area contributed by atoms with E-state index in [0.717, 1.165) is 31.8 Å². The van der Waals surface area contributed by atoms with E-state index in [2.05, 4.69) is 11.8 Å². The molecule has 0 aliphatic carbocycles. The Kier molecular flexibility index (Phi) is 4.04. The van der Waals surface area contributed by atoms with E-state index in [1.165, 1.54) is 0 Å². The molecule has 1 fully saturated rings. The van der Waals surface area contributed by atoms with Gasteiger partial charge in [-0.2, -0.15) is 0 Å². The summed E-state index contributed by atoms with van der Waals surface area (Å²) in [6.07, 6.45) is 1.90. The van der Waals surface area contributed by atoms with Crippen molar-refractivity contribution in [1.29, 1.82) is 0 Å². The highest BCUT2D eigenvalue weighted by atomic mass is 16.5. The minimum absolute atomic E-state index is 0.0728. The second kappa shape index (κ2) is 5.54. The third-order valence-electron chi connectivity index (χ3n) is 3.44. The smallest absolute Gasteiger partial charge is 0.352 e. The first kappa shape index (κ1) is 13.1. The highest BCUT2D eigenvalue weighted by molar-refractivity contribution is 5.87. The first-order valence-electron chi connectivity index (χ1n) is 6.34. The summed E-state index contributed by atoms with van der Waals surface area (Å²) in [5.41, 5.74) is 1.16. The van der Waals surface area contributed by atoms with Gasteiger partial charge in [0.25, 0.3) is 0 Å². The Balaban J connectivity index is 2.07. The van der Waals surface area contributed by atoms with Gasteiger partial charge in [0.15, 0.2) is 0 Å². The molecule has 0 bridgehead atoms. The van der Waals surface area contributed by atoms with Gasteiger partial charge in [0.2, 0.25) is 0 Å². The molecule has 1 aliphatic heterocycles. The highest BCUT2D eigenvalue weighted by Gasteiger charge is 2.22. The minimum Gasteiger partial charge on any atom is -0.477 e. The maximum Gasteiger partial charge on any atom is 0.352 e. The average molecular weight is 252 g/mol. The van der Waals surface area contributed by atoms with E-state index < -0.39 is 5.97 Å². The van der Waals surface area contributed by atoms with Crippen molar-refractivity contribution in [2.24, 2.45) is 0 Å². The molecular weight excluding hydrogens is 232 g/mol. The summed E-state index contributed by atoms with van der Waals surface area (Å²) in [5.74, 6) is -0.874. The summed E-state index contributed by atoms with van der Waals surface area (Å²) in [5, 5.41) is 9.19. The molecule has 1 saturated heterocycles. The molecule has 1 atom stereocenters. The zero-order chi connectivity index (χ0) is 13.1. The van der Waals surface area contributed by atoms with Crippen molar-refractivity contribution in [3.8, 4) is 0 Å². The number of hydrogen-bond acceptors (Lipinski definition) is 3. The van der Waals surface area contributed by atoms with Gasteiger partial charge in [-0.05, 0) is 25.1 Å². The van der Waals surface area contributed by atoms with Crippen LogP contribution in [0.5, 0.6) is 0 Å². The molecule has 0 spiro atoms. The summed E-state index contributed by atoms with van der Waals surface area (Å²) in [6.45, 7) is 8.12. The van der Waals surface area contributed by atoms with Crippen molar-refractivity contribution in [2.75, 3.05) is 26.2 Å². The van der Waals surface area contributed by atoms with Crippen LogP contribution in [0.4, 0.5) is 0 Å². The Labute approximate surface area is 107 Å². The summed E-state index contributed by atoms with van der Waals surface area (Å²) in [7, 11) is 0. The van der Waals surface area contributed by atoms with Crippen molar-refractivity contribution < 1.29 is 14.6 Å². The van der Waals surface area contributed by atoms with E-state index in [1.807, 2.05) is 19.2 Å². The van der Waals surface area contributed by atoms with Crippen molar-refractivity contribution in [2.45, 2.75) is 26.5 Å². The van der Waals surface area contributed by atoms with Gasteiger partial charge in [0, 0.05) is 19.3 Å². The largest absolute Gasteiger partial charge is 0.477 e. The quantitative estimate of drug-likeness (QED) is 0.875. The van der Waals surface area contributed by atoms with Gasteiger partial charge in [0.1, 0.15) is 5.69 Å². The number of rotatable bonds is 4. The molecule has 2 heterocycles. The first-order valence-corrected chi connectivity index (χ1v) is 6.34.